The molecule has 2 aromatic rings. The van der Waals surface area contributed by atoms with Crippen LogP contribution in [0.25, 0.3) is 5.76 Å². The Balaban J connectivity index is 1.87. The molecule has 0 saturated carbocycles. The first-order valence-corrected chi connectivity index (χ1v) is 14.9. The number of hydrogen-bond acceptors (Lipinski definition) is 8. The molecule has 0 fully saturated rings. The second kappa shape index (κ2) is 9.18. The first kappa shape index (κ1) is 26.7. The van der Waals surface area contributed by atoms with Crippen molar-refractivity contribution in [1.82, 2.24) is 0 Å². The third-order valence-corrected chi connectivity index (χ3v) is 8.45. The van der Waals surface area contributed by atoms with Gasteiger partial charge < -0.3 is 15.2 Å². The molecule has 0 bridgehead atoms. The normalized spacial score (nSPS) is 20.6. The summed E-state index contributed by atoms with van der Waals surface area (Å²) in [5.74, 6) is -0.387. The average molecular weight is 548 g/mol. The fourth-order valence-corrected chi connectivity index (χ4v) is 6.26. The third-order valence-electron chi connectivity index (χ3n) is 6.53. The van der Waals surface area contributed by atoms with Crippen molar-refractivity contribution in [2.24, 2.45) is 10.3 Å². The van der Waals surface area contributed by atoms with Crippen molar-refractivity contribution in [3.05, 3.63) is 53.1 Å². The highest BCUT2D eigenvalue weighted by Crippen LogP contribution is 2.45. The molecule has 1 aliphatic heterocycles. The van der Waals surface area contributed by atoms with Gasteiger partial charge >= 0.3 is 0 Å². The molecule has 1 aliphatic carbocycles. The summed E-state index contributed by atoms with van der Waals surface area (Å²) in [5, 5.41) is 14.1. The van der Waals surface area contributed by atoms with E-state index in [2.05, 4.69) is 14.4 Å². The monoisotopic (exact) mass is 547 g/mol. The summed E-state index contributed by atoms with van der Waals surface area (Å²) in [7, 11) is -6.50. The number of fused-ring (bicyclic) bond motifs is 2. The van der Waals surface area contributed by atoms with Crippen LogP contribution in [0.1, 0.15) is 44.7 Å². The summed E-state index contributed by atoms with van der Waals surface area (Å²) in [6.45, 7) is 5.87. The Labute approximate surface area is 216 Å². The van der Waals surface area contributed by atoms with Crippen LogP contribution < -0.4 is 14.8 Å². The van der Waals surface area contributed by atoms with Crippen molar-refractivity contribution in [3.8, 4) is 5.75 Å². The van der Waals surface area contributed by atoms with Gasteiger partial charge in [-0.15, -0.1) is 4.40 Å². The first-order chi connectivity index (χ1) is 17.2. The summed E-state index contributed by atoms with van der Waals surface area (Å²) in [4.78, 5) is 13.7. The smallest absolute Gasteiger partial charge is 0.286 e. The van der Waals surface area contributed by atoms with Crippen molar-refractivity contribution in [1.29, 1.82) is 0 Å². The minimum atomic E-state index is -4.35. The van der Waals surface area contributed by atoms with Gasteiger partial charge in [-0.25, -0.2) is 8.42 Å². The second-order valence-electron chi connectivity index (χ2n) is 9.85. The molecule has 2 aromatic carbocycles. The molecule has 198 valence electrons. The molecule has 0 amide bonds. The van der Waals surface area contributed by atoms with E-state index in [0.29, 0.717) is 29.2 Å². The zero-order valence-electron chi connectivity index (χ0n) is 21.1. The number of hydrogen-bond donors (Lipinski definition) is 3. The van der Waals surface area contributed by atoms with E-state index in [1.807, 2.05) is 13.8 Å². The Morgan fingerprint density at radius 2 is 1.89 bits per heavy atom. The maximum atomic E-state index is 14.0. The number of nitrogens with one attached hydrogen (secondary N) is 2. The number of Topliss-reactive ketones (excluding diaryl/α,β-unsaturated/α-hetero) is 1. The van der Waals surface area contributed by atoms with Gasteiger partial charge in [0, 0.05) is 11.3 Å². The number of aliphatic hydroxyl groups is 1. The molecular weight excluding hydrogens is 518 g/mol. The Kier molecular flexibility index (Phi) is 6.62. The van der Waals surface area contributed by atoms with E-state index in [1.165, 1.54) is 19.2 Å². The van der Waals surface area contributed by atoms with Crippen LogP contribution in [-0.4, -0.2) is 46.9 Å². The van der Waals surface area contributed by atoms with E-state index in [9.17, 15) is 26.7 Å². The van der Waals surface area contributed by atoms with E-state index >= 15 is 0 Å². The van der Waals surface area contributed by atoms with Crippen molar-refractivity contribution >= 4 is 48.8 Å². The fourth-order valence-electron chi connectivity index (χ4n) is 4.56. The Bertz CT molecular complexity index is 1580. The van der Waals surface area contributed by atoms with Crippen LogP contribution in [0.15, 0.2) is 51.3 Å². The van der Waals surface area contributed by atoms with Crippen LogP contribution in [-0.2, 0) is 30.3 Å². The van der Waals surface area contributed by atoms with Gasteiger partial charge in [0.2, 0.25) is 10.0 Å². The van der Waals surface area contributed by atoms with E-state index in [-0.39, 0.29) is 27.7 Å². The summed E-state index contributed by atoms with van der Waals surface area (Å²) in [5.41, 5.74) is -0.164. The molecule has 12 heteroatoms. The minimum Gasteiger partial charge on any atom is -0.506 e. The van der Waals surface area contributed by atoms with Crippen molar-refractivity contribution in [2.75, 3.05) is 23.4 Å². The van der Waals surface area contributed by atoms with Gasteiger partial charge in [0.25, 0.3) is 10.0 Å². The number of nitrogens with zero attached hydrogens (tertiary/aromatic N) is 1. The number of amidine groups is 1. The van der Waals surface area contributed by atoms with E-state index in [1.54, 1.807) is 25.1 Å². The lowest BCUT2D eigenvalue weighted by atomic mass is 9.66. The molecule has 0 saturated heterocycles. The summed E-state index contributed by atoms with van der Waals surface area (Å²) >= 11 is 0. The van der Waals surface area contributed by atoms with Gasteiger partial charge in [-0.2, -0.15) is 8.42 Å². The number of rotatable bonds is 7. The highest BCUT2D eigenvalue weighted by Gasteiger charge is 2.46. The topological polar surface area (TPSA) is 151 Å². The number of ketones is 1. The fraction of sp³-hybridized carbons (Fsp3) is 0.360. The maximum absolute atomic E-state index is 14.0. The Hall–Kier alpha value is -3.38. The number of aliphatic hydroxyl groups excluding tert-OH is 1. The average Bonchev–Trinajstić information content (AvgIpc) is 2.80. The molecule has 37 heavy (non-hydrogen) atoms. The minimum absolute atomic E-state index is 0.0448. The lowest BCUT2D eigenvalue weighted by molar-refractivity contribution is -0.120. The molecule has 10 nitrogen and oxygen atoms in total. The number of carbonyl (C=O) groups is 1. The van der Waals surface area contributed by atoms with Gasteiger partial charge in [-0.1, -0.05) is 19.9 Å². The quantitative estimate of drug-likeness (QED) is 0.473. The van der Waals surface area contributed by atoms with Gasteiger partial charge in [0.05, 0.1) is 24.5 Å². The highest BCUT2D eigenvalue weighted by atomic mass is 32.2. The molecular formula is C25H29N3O7S2. The largest absolute Gasteiger partial charge is 0.506 e. The zero-order valence-corrected chi connectivity index (χ0v) is 22.7. The lowest BCUT2D eigenvalue weighted by Gasteiger charge is -2.37. The number of ether oxygens (including phenoxy) is 1. The second-order valence-corrected chi connectivity index (χ2v) is 13.2. The number of carbonyl (C=O) groups excluding carboxylic acids is 1. The highest BCUT2D eigenvalue weighted by molar-refractivity contribution is 7.92. The van der Waals surface area contributed by atoms with Crippen LogP contribution in [0, 0.1) is 5.92 Å². The third kappa shape index (κ3) is 4.95. The van der Waals surface area contributed by atoms with Gasteiger partial charge in [0.15, 0.2) is 11.6 Å². The molecule has 0 spiro atoms. The van der Waals surface area contributed by atoms with Crippen LogP contribution in [0.2, 0.25) is 0 Å². The number of methoxy groups -OCH3 is 1. The van der Waals surface area contributed by atoms with Gasteiger partial charge in [-0.3, -0.25) is 9.52 Å². The van der Waals surface area contributed by atoms with E-state index in [4.69, 9.17) is 4.74 Å². The molecule has 3 N–H and O–H groups in total. The molecule has 1 unspecified atom stereocenters. The van der Waals surface area contributed by atoms with Crippen molar-refractivity contribution in [3.63, 3.8) is 0 Å². The standard InChI is InChI=1S/C25H29N3O7S2/c1-14(2)10-11-25(3)18-8-7-16(35-4)13-17(18)22(29)21(23(25)30)24-26-19-9-6-15(27-36(5,31)32)12-20(19)37(33,34)28-24/h6-9,12-14,27,29H,10-11H2,1-5H3,(H,26,28). The molecule has 1 heterocycles. The number of benzene rings is 2. The van der Waals surface area contributed by atoms with Gasteiger partial charge in [-0.05, 0) is 61.6 Å². The Morgan fingerprint density at radius 1 is 1.19 bits per heavy atom. The van der Waals surface area contributed by atoms with E-state index < -0.39 is 37.0 Å². The summed E-state index contributed by atoms with van der Waals surface area (Å²) < 4.78 is 60.8. The van der Waals surface area contributed by atoms with Crippen molar-refractivity contribution in [2.45, 2.75) is 43.9 Å². The van der Waals surface area contributed by atoms with Crippen LogP contribution in [0.5, 0.6) is 5.75 Å². The number of sulfonamides is 2. The predicted molar refractivity (Wildman–Crippen MR) is 142 cm³/mol. The van der Waals surface area contributed by atoms with Crippen LogP contribution in [0.4, 0.5) is 11.4 Å². The van der Waals surface area contributed by atoms with Crippen LogP contribution in [0.3, 0.4) is 0 Å². The molecule has 0 aromatic heterocycles. The van der Waals surface area contributed by atoms with Crippen molar-refractivity contribution < 1.29 is 31.5 Å². The first-order valence-electron chi connectivity index (χ1n) is 11.6. The zero-order chi connectivity index (χ0) is 27.3. The van der Waals surface area contributed by atoms with Gasteiger partial charge in [0.1, 0.15) is 22.0 Å². The lowest BCUT2D eigenvalue weighted by Crippen LogP contribution is -2.42. The molecule has 2 aliphatic rings. The summed E-state index contributed by atoms with van der Waals surface area (Å²) in [6, 6.07) is 8.97. The van der Waals surface area contributed by atoms with E-state index in [0.717, 1.165) is 18.7 Å². The summed E-state index contributed by atoms with van der Waals surface area (Å²) in [6.07, 6.45) is 2.14. The molecule has 1 atom stereocenters. The van der Waals surface area contributed by atoms with Crippen LogP contribution >= 0.6 is 0 Å². The molecule has 0 radical (unpaired) electrons. The number of anilines is 2. The Morgan fingerprint density at radius 3 is 2.51 bits per heavy atom. The SMILES string of the molecule is COc1ccc2c(c1)C(O)=C(C1=NS(=O)(=O)c3cc(NS(C)(=O)=O)ccc3N1)C(=O)C2(C)CCC(C)C. The predicted octanol–water partition coefficient (Wildman–Crippen LogP) is 3.83. The maximum Gasteiger partial charge on any atom is 0.286 e. The molecule has 4 rings (SSSR count).